The fourth-order valence-electron chi connectivity index (χ4n) is 6.26. The van der Waals surface area contributed by atoms with Crippen LogP contribution in [0.1, 0.15) is 44.6 Å². The standard InChI is InChI=1S/C21H24N2O3/c1-3-20-9-8-16(24)23-11-10-21(19(20)23)14-6-4-5-7-15(14)22-17(21)13(12-20)18(25)26-2/h4-7,19,22H,3,8-12H2,1-2H3/t19-,20-,21-/m1/s1. The Balaban J connectivity index is 1.82. The van der Waals surface area contributed by atoms with Gasteiger partial charge in [0.15, 0.2) is 0 Å². The average molecular weight is 352 g/mol. The van der Waals surface area contributed by atoms with Crippen LogP contribution in [0, 0.1) is 5.41 Å². The first-order chi connectivity index (χ1) is 12.6. The third-order valence-corrected chi connectivity index (χ3v) is 7.34. The van der Waals surface area contributed by atoms with Gasteiger partial charge in [0, 0.05) is 24.4 Å². The number of fused-ring (bicyclic) bond motifs is 1. The van der Waals surface area contributed by atoms with Gasteiger partial charge >= 0.3 is 5.97 Å². The van der Waals surface area contributed by atoms with Gasteiger partial charge in [0.1, 0.15) is 0 Å². The molecule has 136 valence electrons. The van der Waals surface area contributed by atoms with E-state index < -0.39 is 0 Å². The molecule has 5 heteroatoms. The number of esters is 1. The molecule has 0 bridgehead atoms. The van der Waals surface area contributed by atoms with E-state index in [0.717, 1.165) is 42.8 Å². The summed E-state index contributed by atoms with van der Waals surface area (Å²) < 4.78 is 5.17. The molecule has 0 aromatic heterocycles. The number of hydrogen-bond acceptors (Lipinski definition) is 4. The molecule has 2 saturated heterocycles. The second-order valence-corrected chi connectivity index (χ2v) is 8.12. The molecule has 3 aliphatic heterocycles. The number of rotatable bonds is 2. The van der Waals surface area contributed by atoms with Gasteiger partial charge in [-0.05, 0) is 42.7 Å². The van der Waals surface area contributed by atoms with Gasteiger partial charge < -0.3 is 15.0 Å². The van der Waals surface area contributed by atoms with Gasteiger partial charge in [0.05, 0.1) is 24.1 Å². The maximum absolute atomic E-state index is 12.7. The number of ether oxygens (including phenoxy) is 1. The molecule has 0 unspecified atom stereocenters. The van der Waals surface area contributed by atoms with Crippen LogP contribution in [0.2, 0.25) is 0 Å². The molecule has 1 amide bonds. The molecule has 1 aromatic rings. The Morgan fingerprint density at radius 1 is 1.35 bits per heavy atom. The molecule has 1 aromatic carbocycles. The molecule has 5 nitrogen and oxygen atoms in total. The summed E-state index contributed by atoms with van der Waals surface area (Å²) in [6.45, 7) is 2.97. The summed E-state index contributed by atoms with van der Waals surface area (Å²) in [6, 6.07) is 8.44. The zero-order valence-corrected chi connectivity index (χ0v) is 15.3. The first-order valence-corrected chi connectivity index (χ1v) is 9.55. The zero-order valence-electron chi connectivity index (χ0n) is 15.3. The first kappa shape index (κ1) is 15.9. The normalized spacial score (nSPS) is 34.2. The minimum Gasteiger partial charge on any atom is -0.466 e. The topological polar surface area (TPSA) is 58.6 Å². The number of carbonyl (C=O) groups is 2. The van der Waals surface area contributed by atoms with Crippen LogP contribution in [0.4, 0.5) is 5.69 Å². The van der Waals surface area contributed by atoms with Crippen molar-refractivity contribution in [2.75, 3.05) is 19.0 Å². The second-order valence-electron chi connectivity index (χ2n) is 8.12. The first-order valence-electron chi connectivity index (χ1n) is 9.55. The number of methoxy groups -OCH3 is 1. The van der Waals surface area contributed by atoms with Crippen molar-refractivity contribution in [1.29, 1.82) is 0 Å². The van der Waals surface area contributed by atoms with Gasteiger partial charge in [0.2, 0.25) is 5.91 Å². The summed E-state index contributed by atoms with van der Waals surface area (Å²) in [5.74, 6) is 0.0301. The van der Waals surface area contributed by atoms with E-state index >= 15 is 0 Å². The highest BCUT2D eigenvalue weighted by Gasteiger charge is 2.67. The van der Waals surface area contributed by atoms with E-state index in [4.69, 9.17) is 4.74 Å². The summed E-state index contributed by atoms with van der Waals surface area (Å²) in [6.07, 6.45) is 3.94. The van der Waals surface area contributed by atoms with Crippen LogP contribution >= 0.6 is 0 Å². The Morgan fingerprint density at radius 3 is 2.92 bits per heavy atom. The Hall–Kier alpha value is -2.30. The van der Waals surface area contributed by atoms with Gasteiger partial charge in [-0.3, -0.25) is 4.79 Å². The average Bonchev–Trinajstić information content (AvgIpc) is 3.24. The third kappa shape index (κ3) is 1.67. The molecule has 2 fully saturated rings. The maximum atomic E-state index is 12.7. The summed E-state index contributed by atoms with van der Waals surface area (Å²) >= 11 is 0. The quantitative estimate of drug-likeness (QED) is 0.832. The van der Waals surface area contributed by atoms with E-state index in [-0.39, 0.29) is 28.7 Å². The van der Waals surface area contributed by atoms with E-state index in [9.17, 15) is 9.59 Å². The van der Waals surface area contributed by atoms with Crippen LogP contribution in [0.15, 0.2) is 35.5 Å². The van der Waals surface area contributed by atoms with Gasteiger partial charge in [-0.25, -0.2) is 4.79 Å². The molecule has 0 radical (unpaired) electrons. The molecule has 3 atom stereocenters. The molecule has 0 saturated carbocycles. The number of benzene rings is 1. The van der Waals surface area contributed by atoms with Crippen LogP contribution in [-0.2, 0) is 19.7 Å². The SMILES string of the molecule is CC[C@@]12CCC(=O)N3CC[C@@]4(C(=C(C(=O)OC)C1)Nc1ccccc14)[C@H]32. The number of hydrogen-bond donors (Lipinski definition) is 1. The molecule has 26 heavy (non-hydrogen) atoms. The van der Waals surface area contributed by atoms with E-state index in [2.05, 4.69) is 35.3 Å². The van der Waals surface area contributed by atoms with Gasteiger partial charge in [-0.1, -0.05) is 25.1 Å². The van der Waals surface area contributed by atoms with Gasteiger partial charge in [-0.2, -0.15) is 0 Å². The monoisotopic (exact) mass is 352 g/mol. The summed E-state index contributed by atoms with van der Waals surface area (Å²) in [4.78, 5) is 27.6. The van der Waals surface area contributed by atoms with Crippen molar-refractivity contribution in [3.8, 4) is 0 Å². The number of para-hydroxylation sites is 1. The lowest BCUT2D eigenvalue weighted by atomic mass is 9.53. The summed E-state index contributed by atoms with van der Waals surface area (Å²) in [7, 11) is 1.46. The number of amides is 1. The lowest BCUT2D eigenvalue weighted by Gasteiger charge is -2.55. The van der Waals surface area contributed by atoms with E-state index in [1.165, 1.54) is 12.7 Å². The Labute approximate surface area is 153 Å². The summed E-state index contributed by atoms with van der Waals surface area (Å²) in [5, 5.41) is 3.55. The Bertz CT molecular complexity index is 861. The van der Waals surface area contributed by atoms with Crippen molar-refractivity contribution in [1.82, 2.24) is 4.90 Å². The molecule has 1 N–H and O–H groups in total. The predicted molar refractivity (Wildman–Crippen MR) is 97.5 cm³/mol. The van der Waals surface area contributed by atoms with Gasteiger partial charge in [-0.15, -0.1) is 0 Å². The molecule has 1 spiro atoms. The van der Waals surface area contributed by atoms with E-state index in [1.54, 1.807) is 0 Å². The molecule has 4 aliphatic rings. The lowest BCUT2D eigenvalue weighted by molar-refractivity contribution is -0.144. The smallest absolute Gasteiger partial charge is 0.335 e. The van der Waals surface area contributed by atoms with Crippen LogP contribution < -0.4 is 5.32 Å². The highest BCUT2D eigenvalue weighted by molar-refractivity contribution is 5.94. The van der Waals surface area contributed by atoms with Crippen LogP contribution in [0.5, 0.6) is 0 Å². The second kappa shape index (κ2) is 5.12. The van der Waals surface area contributed by atoms with E-state index in [1.807, 2.05) is 6.07 Å². The number of nitrogens with one attached hydrogen (secondary N) is 1. The van der Waals surface area contributed by atoms with Gasteiger partial charge in [0.25, 0.3) is 0 Å². The fourth-order valence-corrected chi connectivity index (χ4v) is 6.26. The molecular weight excluding hydrogens is 328 g/mol. The molecule has 5 rings (SSSR count). The van der Waals surface area contributed by atoms with Crippen LogP contribution in [0.3, 0.4) is 0 Å². The number of anilines is 1. The fraction of sp³-hybridized carbons (Fsp3) is 0.524. The van der Waals surface area contributed by atoms with Crippen LogP contribution in [-0.4, -0.2) is 36.5 Å². The summed E-state index contributed by atoms with van der Waals surface area (Å²) in [5.41, 5.74) is 3.70. The maximum Gasteiger partial charge on any atom is 0.335 e. The van der Waals surface area contributed by atoms with Crippen molar-refractivity contribution in [2.24, 2.45) is 5.41 Å². The minimum atomic E-state index is -0.301. The predicted octanol–water partition coefficient (Wildman–Crippen LogP) is 2.97. The third-order valence-electron chi connectivity index (χ3n) is 7.34. The lowest BCUT2D eigenvalue weighted by Crippen LogP contribution is -2.61. The van der Waals surface area contributed by atoms with Crippen molar-refractivity contribution < 1.29 is 14.3 Å². The van der Waals surface area contributed by atoms with Crippen molar-refractivity contribution in [3.63, 3.8) is 0 Å². The molecule has 1 aliphatic carbocycles. The number of piperidine rings is 1. The van der Waals surface area contributed by atoms with Crippen LogP contribution in [0.25, 0.3) is 0 Å². The largest absolute Gasteiger partial charge is 0.466 e. The number of carbonyl (C=O) groups excluding carboxylic acids is 2. The van der Waals surface area contributed by atoms with Crippen molar-refractivity contribution in [2.45, 2.75) is 50.5 Å². The Morgan fingerprint density at radius 2 is 2.15 bits per heavy atom. The highest BCUT2D eigenvalue weighted by Crippen LogP contribution is 2.65. The molecule has 3 heterocycles. The van der Waals surface area contributed by atoms with Crippen molar-refractivity contribution >= 4 is 17.6 Å². The number of nitrogens with zero attached hydrogens (tertiary/aromatic N) is 1. The molecular formula is C21H24N2O3. The van der Waals surface area contributed by atoms with E-state index in [0.29, 0.717) is 12.8 Å². The highest BCUT2D eigenvalue weighted by atomic mass is 16.5. The van der Waals surface area contributed by atoms with Crippen molar-refractivity contribution in [3.05, 3.63) is 41.1 Å². The zero-order chi connectivity index (χ0) is 18.1. The Kier molecular flexibility index (Phi) is 3.13. The minimum absolute atomic E-state index is 0.0590.